The third-order valence-corrected chi connectivity index (χ3v) is 2.83. The fraction of sp³-hybridized carbons (Fsp3) is 0.818. The maximum atomic E-state index is 9.72. The lowest BCUT2D eigenvalue weighted by Gasteiger charge is -2.12. The van der Waals surface area contributed by atoms with Gasteiger partial charge in [0.25, 0.3) is 0 Å². The van der Waals surface area contributed by atoms with Crippen molar-refractivity contribution in [3.8, 4) is 0 Å². The summed E-state index contributed by atoms with van der Waals surface area (Å²) in [6, 6.07) is 0. The third kappa shape index (κ3) is 2.34. The van der Waals surface area contributed by atoms with Crippen LogP contribution < -0.4 is 0 Å². The molecule has 0 radical (unpaired) electrons. The molecule has 1 nitrogen and oxygen atoms in total. The topological polar surface area (TPSA) is 20.2 Å². The molecule has 70 valence electrons. The third-order valence-electron chi connectivity index (χ3n) is 2.83. The quantitative estimate of drug-likeness (QED) is 0.642. The van der Waals surface area contributed by atoms with E-state index in [2.05, 4.69) is 13.8 Å². The van der Waals surface area contributed by atoms with Gasteiger partial charge >= 0.3 is 0 Å². The van der Waals surface area contributed by atoms with Gasteiger partial charge < -0.3 is 5.11 Å². The molecule has 1 saturated carbocycles. The molecule has 0 amide bonds. The average molecular weight is 168 g/mol. The molecule has 1 atom stereocenters. The summed E-state index contributed by atoms with van der Waals surface area (Å²) < 4.78 is 0. The number of hydrogen-bond acceptors (Lipinski definition) is 1. The minimum Gasteiger partial charge on any atom is -0.389 e. The molecular weight excluding hydrogens is 148 g/mol. The SMILES string of the molecule is CCCC(O)C(C)=C1CCCC1. The van der Waals surface area contributed by atoms with Crippen LogP contribution in [-0.4, -0.2) is 11.2 Å². The van der Waals surface area contributed by atoms with Gasteiger partial charge in [0.1, 0.15) is 0 Å². The maximum absolute atomic E-state index is 9.72. The van der Waals surface area contributed by atoms with Gasteiger partial charge in [-0.25, -0.2) is 0 Å². The first kappa shape index (κ1) is 9.79. The van der Waals surface area contributed by atoms with Crippen molar-refractivity contribution in [2.45, 2.75) is 58.5 Å². The van der Waals surface area contributed by atoms with Crippen molar-refractivity contribution in [1.29, 1.82) is 0 Å². The molecular formula is C11H20O. The van der Waals surface area contributed by atoms with Crippen LogP contribution in [0.25, 0.3) is 0 Å². The summed E-state index contributed by atoms with van der Waals surface area (Å²) in [5, 5.41) is 9.72. The van der Waals surface area contributed by atoms with E-state index >= 15 is 0 Å². The van der Waals surface area contributed by atoms with E-state index in [-0.39, 0.29) is 6.10 Å². The number of hydrogen-bond donors (Lipinski definition) is 1. The van der Waals surface area contributed by atoms with E-state index in [1.807, 2.05) is 0 Å². The largest absolute Gasteiger partial charge is 0.389 e. The number of rotatable bonds is 3. The number of allylic oxidation sites excluding steroid dienone is 1. The summed E-state index contributed by atoms with van der Waals surface area (Å²) in [5.41, 5.74) is 2.78. The first-order valence-electron chi connectivity index (χ1n) is 5.12. The molecule has 1 rings (SSSR count). The lowest BCUT2D eigenvalue weighted by Crippen LogP contribution is -2.09. The van der Waals surface area contributed by atoms with E-state index in [1.165, 1.54) is 36.8 Å². The molecule has 0 saturated heterocycles. The van der Waals surface area contributed by atoms with Crippen LogP contribution in [0.3, 0.4) is 0 Å². The monoisotopic (exact) mass is 168 g/mol. The maximum Gasteiger partial charge on any atom is 0.0749 e. The summed E-state index contributed by atoms with van der Waals surface area (Å²) in [6.45, 7) is 4.22. The Labute approximate surface area is 75.5 Å². The first-order valence-corrected chi connectivity index (χ1v) is 5.12. The Morgan fingerprint density at radius 3 is 2.50 bits per heavy atom. The molecule has 1 aliphatic carbocycles. The van der Waals surface area contributed by atoms with Gasteiger partial charge in [0, 0.05) is 0 Å². The van der Waals surface area contributed by atoms with Gasteiger partial charge in [0.15, 0.2) is 0 Å². The Kier molecular flexibility index (Phi) is 3.80. The molecule has 0 bridgehead atoms. The molecule has 1 N–H and O–H groups in total. The Balaban J connectivity index is 2.53. The van der Waals surface area contributed by atoms with Gasteiger partial charge in [-0.1, -0.05) is 18.9 Å². The molecule has 1 unspecified atom stereocenters. The van der Waals surface area contributed by atoms with Crippen molar-refractivity contribution in [2.24, 2.45) is 0 Å². The summed E-state index contributed by atoms with van der Waals surface area (Å²) in [7, 11) is 0. The fourth-order valence-corrected chi connectivity index (χ4v) is 1.92. The highest BCUT2D eigenvalue weighted by atomic mass is 16.3. The van der Waals surface area contributed by atoms with E-state index in [1.54, 1.807) is 0 Å². The van der Waals surface area contributed by atoms with Gasteiger partial charge in [-0.15, -0.1) is 0 Å². The zero-order chi connectivity index (χ0) is 8.97. The zero-order valence-electron chi connectivity index (χ0n) is 8.27. The summed E-state index contributed by atoms with van der Waals surface area (Å²) in [6.07, 6.45) is 6.94. The standard InChI is InChI=1S/C11H20O/c1-3-6-11(12)9(2)10-7-4-5-8-10/h11-12H,3-8H2,1-2H3. The van der Waals surface area contributed by atoms with Crippen LogP contribution in [0.2, 0.25) is 0 Å². The molecule has 0 aliphatic heterocycles. The van der Waals surface area contributed by atoms with E-state index in [4.69, 9.17) is 0 Å². The minimum atomic E-state index is -0.164. The van der Waals surface area contributed by atoms with E-state index in [0.717, 1.165) is 12.8 Å². The van der Waals surface area contributed by atoms with Crippen molar-refractivity contribution in [2.75, 3.05) is 0 Å². The van der Waals surface area contributed by atoms with E-state index < -0.39 is 0 Å². The Morgan fingerprint density at radius 1 is 1.42 bits per heavy atom. The number of aliphatic hydroxyl groups excluding tert-OH is 1. The fourth-order valence-electron chi connectivity index (χ4n) is 1.92. The molecule has 1 heteroatoms. The van der Waals surface area contributed by atoms with Crippen molar-refractivity contribution < 1.29 is 5.11 Å². The molecule has 0 aromatic carbocycles. The van der Waals surface area contributed by atoms with Gasteiger partial charge in [-0.05, 0) is 44.6 Å². The van der Waals surface area contributed by atoms with Crippen molar-refractivity contribution >= 4 is 0 Å². The van der Waals surface area contributed by atoms with Crippen molar-refractivity contribution in [3.05, 3.63) is 11.1 Å². The van der Waals surface area contributed by atoms with Crippen LogP contribution in [0, 0.1) is 0 Å². The molecule has 0 aromatic rings. The second kappa shape index (κ2) is 4.66. The van der Waals surface area contributed by atoms with Crippen molar-refractivity contribution in [1.82, 2.24) is 0 Å². The van der Waals surface area contributed by atoms with Gasteiger partial charge in [0.05, 0.1) is 6.10 Å². The lowest BCUT2D eigenvalue weighted by atomic mass is 10.0. The lowest BCUT2D eigenvalue weighted by molar-refractivity contribution is 0.198. The Hall–Kier alpha value is -0.300. The average Bonchev–Trinajstić information content (AvgIpc) is 2.55. The van der Waals surface area contributed by atoms with Crippen LogP contribution in [0.15, 0.2) is 11.1 Å². The normalized spacial score (nSPS) is 19.8. The highest BCUT2D eigenvalue weighted by Crippen LogP contribution is 2.28. The predicted molar refractivity (Wildman–Crippen MR) is 52.1 cm³/mol. The summed E-state index contributed by atoms with van der Waals surface area (Å²) >= 11 is 0. The first-order chi connectivity index (χ1) is 5.75. The molecule has 0 spiro atoms. The molecule has 1 aliphatic rings. The van der Waals surface area contributed by atoms with E-state index in [9.17, 15) is 5.11 Å². The van der Waals surface area contributed by atoms with Crippen LogP contribution >= 0.6 is 0 Å². The van der Waals surface area contributed by atoms with Gasteiger partial charge in [-0.3, -0.25) is 0 Å². The highest BCUT2D eigenvalue weighted by Gasteiger charge is 2.14. The van der Waals surface area contributed by atoms with Crippen LogP contribution in [-0.2, 0) is 0 Å². The highest BCUT2D eigenvalue weighted by molar-refractivity contribution is 5.18. The van der Waals surface area contributed by atoms with Crippen molar-refractivity contribution in [3.63, 3.8) is 0 Å². The molecule has 0 heterocycles. The minimum absolute atomic E-state index is 0.164. The molecule has 12 heavy (non-hydrogen) atoms. The van der Waals surface area contributed by atoms with E-state index in [0.29, 0.717) is 0 Å². The van der Waals surface area contributed by atoms with Crippen LogP contribution in [0.1, 0.15) is 52.4 Å². The van der Waals surface area contributed by atoms with Crippen LogP contribution in [0.4, 0.5) is 0 Å². The van der Waals surface area contributed by atoms with Gasteiger partial charge in [0.2, 0.25) is 0 Å². The predicted octanol–water partition coefficient (Wildman–Crippen LogP) is 3.04. The Morgan fingerprint density at radius 2 is 2.00 bits per heavy atom. The summed E-state index contributed by atoms with van der Waals surface area (Å²) in [4.78, 5) is 0. The second-order valence-electron chi connectivity index (χ2n) is 3.80. The molecule has 0 aromatic heterocycles. The molecule has 1 fully saturated rings. The second-order valence-corrected chi connectivity index (χ2v) is 3.80. The van der Waals surface area contributed by atoms with Gasteiger partial charge in [-0.2, -0.15) is 0 Å². The zero-order valence-corrected chi connectivity index (χ0v) is 8.27. The van der Waals surface area contributed by atoms with Crippen LogP contribution in [0.5, 0.6) is 0 Å². The number of aliphatic hydroxyl groups is 1. The Bertz CT molecular complexity index is 162. The smallest absolute Gasteiger partial charge is 0.0749 e. The summed E-state index contributed by atoms with van der Waals surface area (Å²) in [5.74, 6) is 0.